The van der Waals surface area contributed by atoms with Gasteiger partial charge in [0.05, 0.1) is 7.11 Å². The molecule has 0 bridgehead atoms. The molecule has 44 heavy (non-hydrogen) atoms. The smallest absolute Gasteiger partial charge is 0.328 e. The predicted octanol–water partition coefficient (Wildman–Crippen LogP) is 3.75. The highest BCUT2D eigenvalue weighted by Gasteiger charge is 2.32. The van der Waals surface area contributed by atoms with E-state index < -0.39 is 35.9 Å². The Morgan fingerprint density at radius 2 is 1.23 bits per heavy atom. The summed E-state index contributed by atoms with van der Waals surface area (Å²) in [5.41, 5.74) is 1.56. The van der Waals surface area contributed by atoms with Crippen molar-refractivity contribution in [1.82, 2.24) is 16.0 Å². The molecule has 10 heteroatoms. The highest BCUT2D eigenvalue weighted by atomic mass is 16.5. The van der Waals surface area contributed by atoms with E-state index in [0.717, 1.165) is 11.1 Å². The first-order valence-electron chi connectivity index (χ1n) is 15.1. The first-order valence-corrected chi connectivity index (χ1v) is 15.1. The van der Waals surface area contributed by atoms with Crippen LogP contribution in [0, 0.1) is 17.8 Å². The van der Waals surface area contributed by atoms with E-state index in [2.05, 4.69) is 16.0 Å². The van der Waals surface area contributed by atoms with E-state index >= 15 is 0 Å². The maximum atomic E-state index is 13.6. The molecule has 0 aliphatic rings. The number of carbonyl (C=O) groups is 5. The number of amides is 3. The molecule has 240 valence electrons. The highest BCUT2D eigenvalue weighted by Crippen LogP contribution is 2.16. The fourth-order valence-corrected chi connectivity index (χ4v) is 4.50. The lowest BCUT2D eigenvalue weighted by Crippen LogP contribution is -2.58. The van der Waals surface area contributed by atoms with Gasteiger partial charge in [0.25, 0.3) is 0 Å². The molecule has 0 saturated heterocycles. The molecule has 10 nitrogen and oxygen atoms in total. The largest absolute Gasteiger partial charge is 0.467 e. The van der Waals surface area contributed by atoms with E-state index in [-0.39, 0.29) is 48.9 Å². The molecule has 0 radical (unpaired) electrons. The lowest BCUT2D eigenvalue weighted by molar-refractivity contribution is -0.145. The fourth-order valence-electron chi connectivity index (χ4n) is 4.50. The van der Waals surface area contributed by atoms with E-state index in [0.29, 0.717) is 12.2 Å². The van der Waals surface area contributed by atoms with Gasteiger partial charge in [-0.3, -0.25) is 19.2 Å². The van der Waals surface area contributed by atoms with Crippen molar-refractivity contribution < 1.29 is 33.4 Å². The lowest BCUT2D eigenvalue weighted by atomic mass is 9.99. The minimum atomic E-state index is -0.988. The molecule has 0 aliphatic carbocycles. The van der Waals surface area contributed by atoms with Gasteiger partial charge in [0.2, 0.25) is 17.7 Å². The van der Waals surface area contributed by atoms with Gasteiger partial charge in [-0.05, 0) is 41.0 Å². The van der Waals surface area contributed by atoms with Crippen molar-refractivity contribution in [2.24, 2.45) is 17.8 Å². The Morgan fingerprint density at radius 1 is 0.659 bits per heavy atom. The van der Waals surface area contributed by atoms with Crippen LogP contribution in [0.3, 0.4) is 0 Å². The van der Waals surface area contributed by atoms with Crippen molar-refractivity contribution in [3.05, 3.63) is 65.7 Å². The van der Waals surface area contributed by atoms with Crippen LogP contribution in [0.4, 0.5) is 0 Å². The van der Waals surface area contributed by atoms with Gasteiger partial charge in [-0.2, -0.15) is 0 Å². The standard InChI is InChI=1S/C34H47N3O7/c1-21(2)17-29(38)35-27(19-25-13-15-26(16-14-25)44-30(39)18-22(3)4)32(40)37-31(23(5)6)33(41)36-28(34(42)43-7)20-24-11-9-8-10-12-24/h8-16,21-23,27-28,31H,17-20H2,1-7H3,(H,35,38)(H,36,41)(H,37,40)/t27-,28-,31-/m0/s1. The van der Waals surface area contributed by atoms with Gasteiger partial charge in [-0.15, -0.1) is 0 Å². The molecule has 0 spiro atoms. The zero-order valence-corrected chi connectivity index (χ0v) is 26.8. The van der Waals surface area contributed by atoms with Gasteiger partial charge in [0.15, 0.2) is 0 Å². The van der Waals surface area contributed by atoms with Crippen LogP contribution in [0.1, 0.15) is 65.5 Å². The monoisotopic (exact) mass is 609 g/mol. The molecular formula is C34H47N3O7. The minimum Gasteiger partial charge on any atom is -0.467 e. The average molecular weight is 610 g/mol. The van der Waals surface area contributed by atoms with E-state index in [9.17, 15) is 24.0 Å². The molecule has 0 aliphatic heterocycles. The molecule has 0 fully saturated rings. The summed E-state index contributed by atoms with van der Waals surface area (Å²) in [5.74, 6) is -2.01. The number of hydrogen-bond donors (Lipinski definition) is 3. The summed E-state index contributed by atoms with van der Waals surface area (Å²) in [6, 6.07) is 13.0. The summed E-state index contributed by atoms with van der Waals surface area (Å²) in [7, 11) is 1.25. The predicted molar refractivity (Wildman–Crippen MR) is 167 cm³/mol. The summed E-state index contributed by atoms with van der Waals surface area (Å²) in [5, 5.41) is 8.33. The maximum absolute atomic E-state index is 13.6. The maximum Gasteiger partial charge on any atom is 0.328 e. The quantitative estimate of drug-likeness (QED) is 0.195. The van der Waals surface area contributed by atoms with Crippen LogP contribution in [0.5, 0.6) is 5.75 Å². The lowest BCUT2D eigenvalue weighted by Gasteiger charge is -2.27. The Balaban J connectivity index is 2.21. The van der Waals surface area contributed by atoms with Crippen molar-refractivity contribution in [3.8, 4) is 5.75 Å². The summed E-state index contributed by atoms with van der Waals surface area (Å²) >= 11 is 0. The topological polar surface area (TPSA) is 140 Å². The fraction of sp³-hybridized carbons (Fsp3) is 0.500. The molecule has 3 atom stereocenters. The van der Waals surface area contributed by atoms with Crippen LogP contribution < -0.4 is 20.7 Å². The van der Waals surface area contributed by atoms with E-state index in [1.165, 1.54) is 7.11 Å². The van der Waals surface area contributed by atoms with Crippen molar-refractivity contribution in [1.29, 1.82) is 0 Å². The van der Waals surface area contributed by atoms with Crippen LogP contribution >= 0.6 is 0 Å². The molecular weight excluding hydrogens is 562 g/mol. The SMILES string of the molecule is COC(=O)[C@H](Cc1ccccc1)NC(=O)[C@@H](NC(=O)[C@H](Cc1ccc(OC(=O)CC(C)C)cc1)NC(=O)CC(C)C)C(C)C. The zero-order valence-electron chi connectivity index (χ0n) is 26.8. The van der Waals surface area contributed by atoms with E-state index in [1.54, 1.807) is 38.1 Å². The van der Waals surface area contributed by atoms with Gasteiger partial charge < -0.3 is 25.4 Å². The Kier molecular flexibility index (Phi) is 14.6. The summed E-state index contributed by atoms with van der Waals surface area (Å²) < 4.78 is 10.3. The third-order valence-corrected chi connectivity index (χ3v) is 6.75. The highest BCUT2D eigenvalue weighted by molar-refractivity contribution is 5.94. The number of methoxy groups -OCH3 is 1. The Bertz CT molecular complexity index is 1240. The molecule has 0 heterocycles. The van der Waals surface area contributed by atoms with E-state index in [4.69, 9.17) is 9.47 Å². The summed E-state index contributed by atoms with van der Waals surface area (Å²) in [6.07, 6.45) is 0.877. The number of carbonyl (C=O) groups excluding carboxylic acids is 5. The number of benzene rings is 2. The van der Waals surface area contributed by atoms with Gasteiger partial charge in [-0.25, -0.2) is 4.79 Å². The number of nitrogens with one attached hydrogen (secondary N) is 3. The molecule has 3 N–H and O–H groups in total. The molecule has 2 rings (SSSR count). The second kappa shape index (κ2) is 17.8. The number of rotatable bonds is 16. The summed E-state index contributed by atoms with van der Waals surface area (Å²) in [4.78, 5) is 64.3. The minimum absolute atomic E-state index is 0.0765. The normalized spacial score (nSPS) is 13.1. The Hall–Kier alpha value is -4.21. The van der Waals surface area contributed by atoms with Crippen molar-refractivity contribution >= 4 is 29.7 Å². The van der Waals surface area contributed by atoms with Crippen molar-refractivity contribution in [2.75, 3.05) is 7.11 Å². The van der Waals surface area contributed by atoms with E-state index in [1.807, 2.05) is 58.0 Å². The van der Waals surface area contributed by atoms with Crippen molar-refractivity contribution in [3.63, 3.8) is 0 Å². The molecule has 0 saturated carbocycles. The van der Waals surface area contributed by atoms with Crippen LogP contribution in [0.15, 0.2) is 54.6 Å². The first-order chi connectivity index (χ1) is 20.8. The number of hydrogen-bond acceptors (Lipinski definition) is 7. The summed E-state index contributed by atoms with van der Waals surface area (Å²) in [6.45, 7) is 11.2. The first kappa shape index (κ1) is 36.0. The third kappa shape index (κ3) is 12.6. The molecule has 2 aromatic carbocycles. The molecule has 3 amide bonds. The molecule has 0 aromatic heterocycles. The van der Waals surface area contributed by atoms with Gasteiger partial charge in [-0.1, -0.05) is 84.0 Å². The van der Waals surface area contributed by atoms with Crippen LogP contribution in [0.25, 0.3) is 0 Å². The van der Waals surface area contributed by atoms with Crippen LogP contribution in [0.2, 0.25) is 0 Å². The number of esters is 2. The van der Waals surface area contributed by atoms with Gasteiger partial charge in [0, 0.05) is 25.7 Å². The third-order valence-electron chi connectivity index (χ3n) is 6.75. The zero-order chi connectivity index (χ0) is 32.8. The van der Waals surface area contributed by atoms with Crippen LogP contribution in [-0.4, -0.2) is 54.9 Å². The average Bonchev–Trinajstić information content (AvgIpc) is 2.95. The van der Waals surface area contributed by atoms with Gasteiger partial charge >= 0.3 is 11.9 Å². The van der Waals surface area contributed by atoms with Crippen molar-refractivity contribution in [2.45, 2.75) is 85.4 Å². The number of ether oxygens (including phenoxy) is 2. The van der Waals surface area contributed by atoms with Gasteiger partial charge in [0.1, 0.15) is 23.9 Å². The Labute approximate surface area is 260 Å². The molecule has 0 unspecified atom stereocenters. The molecule has 2 aromatic rings. The second-order valence-electron chi connectivity index (χ2n) is 12.1. The van der Waals surface area contributed by atoms with Crippen LogP contribution in [-0.2, 0) is 41.6 Å². The Morgan fingerprint density at radius 3 is 1.77 bits per heavy atom. The second-order valence-corrected chi connectivity index (χ2v) is 12.1.